The molecule has 3 rings (SSSR count). The third-order valence-corrected chi connectivity index (χ3v) is 3.75. The fraction of sp³-hybridized carbons (Fsp3) is 0.0476. The molecular formula is C21H16O4. The van der Waals surface area contributed by atoms with Crippen LogP contribution in [0.5, 0.6) is 5.75 Å². The maximum atomic E-state index is 12.2. The fourth-order valence-corrected chi connectivity index (χ4v) is 2.60. The van der Waals surface area contributed by atoms with Gasteiger partial charge in [0.1, 0.15) is 5.75 Å². The lowest BCUT2D eigenvalue weighted by atomic mass is 9.99. The minimum Gasteiger partial charge on any atom is -0.478 e. The molecule has 0 radical (unpaired) electrons. The third kappa shape index (κ3) is 3.93. The van der Waals surface area contributed by atoms with E-state index >= 15 is 0 Å². The lowest BCUT2D eigenvalue weighted by Crippen LogP contribution is -2.12. The minimum absolute atomic E-state index is 0.149. The Labute approximate surface area is 145 Å². The van der Waals surface area contributed by atoms with Crippen LogP contribution in [0.1, 0.15) is 15.9 Å². The van der Waals surface area contributed by atoms with E-state index in [4.69, 9.17) is 4.74 Å². The predicted molar refractivity (Wildman–Crippen MR) is 94.6 cm³/mol. The molecule has 3 aromatic rings. The second-order valence-electron chi connectivity index (χ2n) is 5.48. The van der Waals surface area contributed by atoms with Gasteiger partial charge in [-0.2, -0.15) is 0 Å². The molecule has 0 aliphatic rings. The average Bonchev–Trinajstić information content (AvgIpc) is 2.63. The van der Waals surface area contributed by atoms with E-state index in [-0.39, 0.29) is 12.0 Å². The van der Waals surface area contributed by atoms with Gasteiger partial charge in [0, 0.05) is 5.56 Å². The molecule has 0 atom stereocenters. The summed E-state index contributed by atoms with van der Waals surface area (Å²) in [4.78, 5) is 23.7. The summed E-state index contributed by atoms with van der Waals surface area (Å²) in [5.41, 5.74) is 2.10. The van der Waals surface area contributed by atoms with Gasteiger partial charge in [-0.25, -0.2) is 4.79 Å². The molecule has 0 aliphatic carbocycles. The number of benzene rings is 3. The van der Waals surface area contributed by atoms with E-state index in [9.17, 15) is 14.7 Å². The molecule has 0 fully saturated rings. The van der Waals surface area contributed by atoms with E-state index in [1.807, 2.05) is 30.3 Å². The van der Waals surface area contributed by atoms with Gasteiger partial charge in [-0.15, -0.1) is 0 Å². The first-order chi connectivity index (χ1) is 12.1. The number of carboxylic acids is 1. The Kier molecular flexibility index (Phi) is 4.90. The number of ether oxygens (including phenoxy) is 1. The molecule has 0 bridgehead atoms. The van der Waals surface area contributed by atoms with Gasteiger partial charge in [0.15, 0.2) is 0 Å². The molecule has 4 heteroatoms. The molecule has 0 amide bonds. The SMILES string of the molecule is O=C(Cc1ccccc1)Oc1ccccc1-c1ccccc1C(=O)O. The largest absolute Gasteiger partial charge is 0.478 e. The first kappa shape index (κ1) is 16.5. The molecule has 25 heavy (non-hydrogen) atoms. The lowest BCUT2D eigenvalue weighted by molar-refractivity contribution is -0.133. The number of carbonyl (C=O) groups excluding carboxylic acids is 1. The van der Waals surface area contributed by atoms with E-state index in [0.29, 0.717) is 16.9 Å². The van der Waals surface area contributed by atoms with Crippen molar-refractivity contribution >= 4 is 11.9 Å². The molecule has 3 aromatic carbocycles. The third-order valence-electron chi connectivity index (χ3n) is 3.75. The topological polar surface area (TPSA) is 63.6 Å². The van der Waals surface area contributed by atoms with E-state index < -0.39 is 11.9 Å². The lowest BCUT2D eigenvalue weighted by Gasteiger charge is -2.12. The molecule has 4 nitrogen and oxygen atoms in total. The number of esters is 1. The number of hydrogen-bond acceptors (Lipinski definition) is 3. The molecule has 0 heterocycles. The van der Waals surface area contributed by atoms with Gasteiger partial charge in [0.25, 0.3) is 0 Å². The van der Waals surface area contributed by atoms with Crippen molar-refractivity contribution in [2.24, 2.45) is 0 Å². The van der Waals surface area contributed by atoms with Crippen LogP contribution in [0.4, 0.5) is 0 Å². The number of hydrogen-bond donors (Lipinski definition) is 1. The average molecular weight is 332 g/mol. The van der Waals surface area contributed by atoms with E-state index in [0.717, 1.165) is 5.56 Å². The van der Waals surface area contributed by atoms with Gasteiger partial charge in [-0.05, 0) is 23.3 Å². The maximum Gasteiger partial charge on any atom is 0.336 e. The van der Waals surface area contributed by atoms with Crippen LogP contribution in [-0.4, -0.2) is 17.0 Å². The zero-order valence-electron chi connectivity index (χ0n) is 13.4. The van der Waals surface area contributed by atoms with Crippen LogP contribution in [-0.2, 0) is 11.2 Å². The summed E-state index contributed by atoms with van der Waals surface area (Å²) < 4.78 is 5.51. The zero-order chi connectivity index (χ0) is 17.6. The van der Waals surface area contributed by atoms with Gasteiger partial charge in [-0.1, -0.05) is 66.7 Å². The van der Waals surface area contributed by atoms with Crippen LogP contribution in [0.25, 0.3) is 11.1 Å². The van der Waals surface area contributed by atoms with Gasteiger partial charge < -0.3 is 9.84 Å². The second kappa shape index (κ2) is 7.45. The molecule has 0 aromatic heterocycles. The van der Waals surface area contributed by atoms with E-state index in [2.05, 4.69) is 0 Å². The van der Waals surface area contributed by atoms with Crippen LogP contribution in [0, 0.1) is 0 Å². The molecule has 0 unspecified atom stereocenters. The van der Waals surface area contributed by atoms with Gasteiger partial charge in [0.2, 0.25) is 0 Å². The van der Waals surface area contributed by atoms with Crippen LogP contribution in [0.15, 0.2) is 78.9 Å². The highest BCUT2D eigenvalue weighted by Crippen LogP contribution is 2.32. The Hall–Kier alpha value is -3.40. The molecule has 0 aliphatic heterocycles. The molecule has 0 saturated carbocycles. The predicted octanol–water partition coefficient (Wildman–Crippen LogP) is 4.20. The van der Waals surface area contributed by atoms with Crippen molar-refractivity contribution in [3.63, 3.8) is 0 Å². The van der Waals surface area contributed by atoms with Crippen LogP contribution < -0.4 is 4.74 Å². The molecule has 0 spiro atoms. The summed E-state index contributed by atoms with van der Waals surface area (Å²) >= 11 is 0. The Bertz CT molecular complexity index is 901. The zero-order valence-corrected chi connectivity index (χ0v) is 13.4. The summed E-state index contributed by atoms with van der Waals surface area (Å²) in [6.07, 6.45) is 0.149. The van der Waals surface area contributed by atoms with Crippen molar-refractivity contribution in [2.45, 2.75) is 6.42 Å². The second-order valence-corrected chi connectivity index (χ2v) is 5.48. The van der Waals surface area contributed by atoms with Crippen molar-refractivity contribution < 1.29 is 19.4 Å². The Morgan fingerprint density at radius 3 is 2.08 bits per heavy atom. The summed E-state index contributed by atoms with van der Waals surface area (Å²) in [7, 11) is 0. The summed E-state index contributed by atoms with van der Waals surface area (Å²) in [5.74, 6) is -1.08. The number of carboxylic acid groups (broad SMARTS) is 1. The van der Waals surface area contributed by atoms with Crippen LogP contribution >= 0.6 is 0 Å². The van der Waals surface area contributed by atoms with Crippen LogP contribution in [0.3, 0.4) is 0 Å². The first-order valence-corrected chi connectivity index (χ1v) is 7.81. The highest BCUT2D eigenvalue weighted by Gasteiger charge is 2.16. The van der Waals surface area contributed by atoms with E-state index in [1.165, 1.54) is 6.07 Å². The van der Waals surface area contributed by atoms with Gasteiger partial charge in [0.05, 0.1) is 12.0 Å². The fourth-order valence-electron chi connectivity index (χ4n) is 2.60. The summed E-state index contributed by atoms with van der Waals surface area (Å²) in [5, 5.41) is 9.39. The van der Waals surface area contributed by atoms with Crippen molar-refractivity contribution in [3.8, 4) is 16.9 Å². The number of rotatable bonds is 5. The van der Waals surface area contributed by atoms with Crippen molar-refractivity contribution in [2.75, 3.05) is 0 Å². The summed E-state index contributed by atoms with van der Waals surface area (Å²) in [6.45, 7) is 0. The Balaban J connectivity index is 1.90. The van der Waals surface area contributed by atoms with Gasteiger partial charge in [-0.3, -0.25) is 4.79 Å². The molecule has 1 N–H and O–H groups in total. The molecular weight excluding hydrogens is 316 g/mol. The van der Waals surface area contributed by atoms with Crippen molar-refractivity contribution in [1.82, 2.24) is 0 Å². The monoisotopic (exact) mass is 332 g/mol. The normalized spacial score (nSPS) is 10.2. The number of carbonyl (C=O) groups is 2. The van der Waals surface area contributed by atoms with E-state index in [1.54, 1.807) is 42.5 Å². The van der Waals surface area contributed by atoms with Gasteiger partial charge >= 0.3 is 11.9 Å². The molecule has 124 valence electrons. The van der Waals surface area contributed by atoms with Crippen LogP contribution in [0.2, 0.25) is 0 Å². The Morgan fingerprint density at radius 1 is 0.760 bits per heavy atom. The highest BCUT2D eigenvalue weighted by molar-refractivity contribution is 5.97. The smallest absolute Gasteiger partial charge is 0.336 e. The van der Waals surface area contributed by atoms with Crippen molar-refractivity contribution in [3.05, 3.63) is 90.0 Å². The highest BCUT2D eigenvalue weighted by atomic mass is 16.5. The molecule has 0 saturated heterocycles. The number of para-hydroxylation sites is 1. The maximum absolute atomic E-state index is 12.2. The van der Waals surface area contributed by atoms with Crippen molar-refractivity contribution in [1.29, 1.82) is 0 Å². The minimum atomic E-state index is -1.03. The standard InChI is InChI=1S/C21H16O4/c22-20(14-15-8-2-1-3-9-15)25-19-13-7-6-11-17(19)16-10-4-5-12-18(16)21(23)24/h1-13H,14H2,(H,23,24). The Morgan fingerprint density at radius 2 is 1.36 bits per heavy atom. The number of aromatic carboxylic acids is 1. The quantitative estimate of drug-likeness (QED) is 0.562. The summed E-state index contributed by atoms with van der Waals surface area (Å²) in [6, 6.07) is 22.9. The first-order valence-electron chi connectivity index (χ1n) is 7.81.